The van der Waals surface area contributed by atoms with E-state index in [4.69, 9.17) is 0 Å². The minimum Gasteiger partial charge on any atom is -0.358 e. The minimum absolute atomic E-state index is 0.243. The zero-order chi connectivity index (χ0) is 13.1. The second kappa shape index (κ2) is 5.49. The molecule has 0 bridgehead atoms. The quantitative estimate of drug-likeness (QED) is 0.867. The summed E-state index contributed by atoms with van der Waals surface area (Å²) in [4.78, 5) is 12.0. The molecule has 1 N–H and O–H groups in total. The van der Waals surface area contributed by atoms with E-state index in [1.807, 2.05) is 11.8 Å². The first kappa shape index (κ1) is 12.3. The minimum atomic E-state index is 0.243. The maximum absolute atomic E-state index is 10.6. The summed E-state index contributed by atoms with van der Waals surface area (Å²) in [6.45, 7) is 0.651. The van der Waals surface area contributed by atoms with Gasteiger partial charge in [0.2, 0.25) is 6.41 Å². The topological polar surface area (TPSA) is 29.1 Å². The molecule has 0 fully saturated rings. The van der Waals surface area contributed by atoms with Crippen molar-refractivity contribution in [3.8, 4) is 0 Å². The van der Waals surface area contributed by atoms with Gasteiger partial charge in [-0.2, -0.15) is 0 Å². The summed E-state index contributed by atoms with van der Waals surface area (Å²) in [5.41, 5.74) is 4.00. The summed E-state index contributed by atoms with van der Waals surface area (Å²) >= 11 is 1.87. The van der Waals surface area contributed by atoms with Gasteiger partial charge in [0.25, 0.3) is 0 Å². The molecule has 1 atom stereocenters. The van der Waals surface area contributed by atoms with Crippen molar-refractivity contribution in [1.82, 2.24) is 5.32 Å². The second-order valence-corrected chi connectivity index (χ2v) is 5.62. The molecule has 0 radical (unpaired) electrons. The van der Waals surface area contributed by atoms with Gasteiger partial charge in [0.1, 0.15) is 0 Å². The Balaban J connectivity index is 2.10. The van der Waals surface area contributed by atoms with Crippen LogP contribution in [-0.2, 0) is 10.5 Å². The van der Waals surface area contributed by atoms with Crippen molar-refractivity contribution in [3.05, 3.63) is 65.2 Å². The highest BCUT2D eigenvalue weighted by atomic mass is 32.2. The monoisotopic (exact) mass is 269 g/mol. The van der Waals surface area contributed by atoms with Crippen molar-refractivity contribution in [1.29, 1.82) is 0 Å². The molecular formula is C16H15NOS. The van der Waals surface area contributed by atoms with Gasteiger partial charge < -0.3 is 5.32 Å². The number of carbonyl (C=O) groups is 1. The normalized spacial score (nSPS) is 16.9. The molecule has 1 amide bonds. The Morgan fingerprint density at radius 3 is 2.68 bits per heavy atom. The van der Waals surface area contributed by atoms with Crippen LogP contribution in [0.2, 0.25) is 0 Å². The Hall–Kier alpha value is -1.74. The highest BCUT2D eigenvalue weighted by Gasteiger charge is 2.23. The van der Waals surface area contributed by atoms with Crippen LogP contribution < -0.4 is 5.32 Å². The van der Waals surface area contributed by atoms with Crippen molar-refractivity contribution in [2.45, 2.75) is 16.6 Å². The molecule has 0 aromatic heterocycles. The number of fused-ring (bicyclic) bond motifs is 2. The van der Waals surface area contributed by atoms with E-state index in [2.05, 4.69) is 53.8 Å². The van der Waals surface area contributed by atoms with Crippen molar-refractivity contribution in [2.75, 3.05) is 6.54 Å². The van der Waals surface area contributed by atoms with Crippen molar-refractivity contribution in [3.63, 3.8) is 0 Å². The molecule has 1 unspecified atom stereocenters. The zero-order valence-corrected chi connectivity index (χ0v) is 11.3. The van der Waals surface area contributed by atoms with E-state index in [9.17, 15) is 4.79 Å². The van der Waals surface area contributed by atoms with E-state index < -0.39 is 0 Å². The van der Waals surface area contributed by atoms with Crippen LogP contribution >= 0.6 is 11.8 Å². The predicted molar refractivity (Wildman–Crippen MR) is 78.4 cm³/mol. The van der Waals surface area contributed by atoms with E-state index in [0.717, 1.165) is 12.2 Å². The average molecular weight is 269 g/mol. The predicted octanol–water partition coefficient (Wildman–Crippen LogP) is 3.17. The third-order valence-corrected chi connectivity index (χ3v) is 4.65. The molecule has 0 saturated carbocycles. The lowest BCUT2D eigenvalue weighted by atomic mass is 9.88. The van der Waals surface area contributed by atoms with E-state index in [1.165, 1.54) is 21.6 Å². The van der Waals surface area contributed by atoms with Gasteiger partial charge >= 0.3 is 0 Å². The van der Waals surface area contributed by atoms with Crippen molar-refractivity contribution >= 4 is 18.2 Å². The van der Waals surface area contributed by atoms with Gasteiger partial charge in [0.15, 0.2) is 0 Å². The lowest BCUT2D eigenvalue weighted by Crippen LogP contribution is -2.21. The van der Waals surface area contributed by atoms with Gasteiger partial charge in [-0.25, -0.2) is 0 Å². The number of hydrogen-bond acceptors (Lipinski definition) is 2. The Bertz CT molecular complexity index is 549. The number of rotatable bonds is 3. The number of amides is 1. The molecule has 0 aliphatic carbocycles. The van der Waals surface area contributed by atoms with E-state index in [1.54, 1.807) is 0 Å². The summed E-state index contributed by atoms with van der Waals surface area (Å²) in [5, 5.41) is 2.84. The second-order valence-electron chi connectivity index (χ2n) is 4.60. The molecule has 3 heteroatoms. The lowest BCUT2D eigenvalue weighted by molar-refractivity contribution is -0.109. The van der Waals surface area contributed by atoms with Crippen LogP contribution in [0.3, 0.4) is 0 Å². The average Bonchev–Trinajstić information content (AvgIpc) is 2.62. The summed E-state index contributed by atoms with van der Waals surface area (Å²) in [6, 6.07) is 17.0. The van der Waals surface area contributed by atoms with Gasteiger partial charge in [0.05, 0.1) is 0 Å². The fraction of sp³-hybridized carbons (Fsp3) is 0.188. The highest BCUT2D eigenvalue weighted by molar-refractivity contribution is 7.98. The zero-order valence-electron chi connectivity index (χ0n) is 10.5. The molecule has 19 heavy (non-hydrogen) atoms. The van der Waals surface area contributed by atoms with Crippen LogP contribution in [0.5, 0.6) is 0 Å². The number of thioether (sulfide) groups is 1. The van der Waals surface area contributed by atoms with Gasteiger partial charge in [-0.05, 0) is 22.8 Å². The van der Waals surface area contributed by atoms with Crippen molar-refractivity contribution in [2.24, 2.45) is 0 Å². The largest absolute Gasteiger partial charge is 0.358 e. The Morgan fingerprint density at radius 2 is 1.84 bits per heavy atom. The summed E-state index contributed by atoms with van der Waals surface area (Å²) in [5.74, 6) is 1.23. The number of benzene rings is 2. The molecule has 1 heterocycles. The Kier molecular flexibility index (Phi) is 3.56. The third-order valence-electron chi connectivity index (χ3n) is 3.51. The SMILES string of the molecule is O=CNCC1c2ccccc2CSc2ccccc21. The summed E-state index contributed by atoms with van der Waals surface area (Å²) < 4.78 is 0. The molecule has 2 aromatic rings. The molecule has 1 aliphatic heterocycles. The Morgan fingerprint density at radius 1 is 1.11 bits per heavy atom. The molecule has 0 spiro atoms. The number of carbonyl (C=O) groups excluding carboxylic acids is 1. The first-order valence-corrected chi connectivity index (χ1v) is 7.35. The maximum atomic E-state index is 10.6. The molecule has 0 saturated heterocycles. The molecule has 2 nitrogen and oxygen atoms in total. The van der Waals surface area contributed by atoms with Gasteiger partial charge in [-0.3, -0.25) is 4.79 Å². The third kappa shape index (κ3) is 2.38. The molecule has 3 rings (SSSR count). The Labute approximate surface area is 117 Å². The molecule has 2 aromatic carbocycles. The van der Waals surface area contributed by atoms with Crippen LogP contribution in [0, 0.1) is 0 Å². The van der Waals surface area contributed by atoms with E-state index in [0.29, 0.717) is 6.54 Å². The fourth-order valence-corrected chi connectivity index (χ4v) is 3.74. The van der Waals surface area contributed by atoms with Crippen LogP contribution in [-0.4, -0.2) is 13.0 Å². The first-order chi connectivity index (χ1) is 9.40. The summed E-state index contributed by atoms with van der Waals surface area (Å²) in [6.07, 6.45) is 0.781. The van der Waals surface area contributed by atoms with Gasteiger partial charge in [-0.15, -0.1) is 11.8 Å². The molecule has 96 valence electrons. The smallest absolute Gasteiger partial charge is 0.207 e. The fourth-order valence-electron chi connectivity index (χ4n) is 2.61. The van der Waals surface area contributed by atoms with Crippen LogP contribution in [0.1, 0.15) is 22.6 Å². The standard InChI is InChI=1S/C16H15NOS/c18-11-17-9-15-13-6-2-1-5-12(13)10-19-16-8-4-3-7-14(15)16/h1-8,11,15H,9-10H2,(H,17,18). The van der Waals surface area contributed by atoms with Crippen LogP contribution in [0.25, 0.3) is 0 Å². The maximum Gasteiger partial charge on any atom is 0.207 e. The summed E-state index contributed by atoms with van der Waals surface area (Å²) in [7, 11) is 0. The molecule has 1 aliphatic rings. The van der Waals surface area contributed by atoms with Crippen LogP contribution in [0.15, 0.2) is 53.4 Å². The lowest BCUT2D eigenvalue weighted by Gasteiger charge is -2.19. The van der Waals surface area contributed by atoms with Crippen LogP contribution in [0.4, 0.5) is 0 Å². The van der Waals surface area contributed by atoms with Gasteiger partial charge in [-0.1, -0.05) is 42.5 Å². The highest BCUT2D eigenvalue weighted by Crippen LogP contribution is 2.39. The van der Waals surface area contributed by atoms with Gasteiger partial charge in [0, 0.05) is 23.1 Å². The first-order valence-electron chi connectivity index (χ1n) is 6.36. The number of nitrogens with one attached hydrogen (secondary N) is 1. The van der Waals surface area contributed by atoms with Crippen molar-refractivity contribution < 1.29 is 4.79 Å². The van der Waals surface area contributed by atoms with E-state index >= 15 is 0 Å². The number of hydrogen-bond donors (Lipinski definition) is 1. The molecular weight excluding hydrogens is 254 g/mol. The van der Waals surface area contributed by atoms with E-state index in [-0.39, 0.29) is 5.92 Å².